The fourth-order valence-corrected chi connectivity index (χ4v) is 2.02. The van der Waals surface area contributed by atoms with Gasteiger partial charge in [-0.05, 0) is 30.7 Å². The molecule has 1 atom stereocenters. The van der Waals surface area contributed by atoms with Gasteiger partial charge in [0.15, 0.2) is 0 Å². The van der Waals surface area contributed by atoms with Gasteiger partial charge in [-0.3, -0.25) is 4.79 Å². The van der Waals surface area contributed by atoms with Gasteiger partial charge in [-0.1, -0.05) is 0 Å². The van der Waals surface area contributed by atoms with E-state index in [0.717, 1.165) is 18.7 Å². The second-order valence-electron chi connectivity index (χ2n) is 4.13. The lowest BCUT2D eigenvalue weighted by Gasteiger charge is -2.16. The number of likely N-dealkylation sites (tertiary alicyclic amines) is 1. The molecule has 1 aromatic rings. The maximum absolute atomic E-state index is 12.1. The van der Waals surface area contributed by atoms with Crippen LogP contribution in [0.3, 0.4) is 0 Å². The number of hydrogen-bond donors (Lipinski definition) is 0. The average Bonchev–Trinajstić information content (AvgIpc) is 2.87. The largest absolute Gasteiger partial charge is 0.497 e. The third kappa shape index (κ3) is 2.58. The molecule has 17 heavy (non-hydrogen) atoms. The first kappa shape index (κ1) is 11.9. The fraction of sp³-hybridized carbons (Fsp3) is 0.462. The number of carbonyl (C=O) groups excluding carboxylic acids is 1. The van der Waals surface area contributed by atoms with Crippen molar-refractivity contribution in [2.24, 2.45) is 0 Å². The summed E-state index contributed by atoms with van der Waals surface area (Å²) in [5.74, 6) is 0.824. The Morgan fingerprint density at radius 1 is 1.29 bits per heavy atom. The first-order valence-electron chi connectivity index (χ1n) is 5.70. The van der Waals surface area contributed by atoms with Crippen LogP contribution in [0.1, 0.15) is 16.8 Å². The van der Waals surface area contributed by atoms with Gasteiger partial charge < -0.3 is 14.4 Å². The van der Waals surface area contributed by atoms with Crippen molar-refractivity contribution in [1.29, 1.82) is 0 Å². The molecular weight excluding hydrogens is 218 g/mol. The molecule has 0 radical (unpaired) electrons. The summed E-state index contributed by atoms with van der Waals surface area (Å²) in [5, 5.41) is 0. The molecule has 0 saturated carbocycles. The number of benzene rings is 1. The Hall–Kier alpha value is -1.55. The van der Waals surface area contributed by atoms with Crippen molar-refractivity contribution < 1.29 is 14.3 Å². The fourth-order valence-electron chi connectivity index (χ4n) is 2.02. The van der Waals surface area contributed by atoms with Crippen LogP contribution in [0.4, 0.5) is 0 Å². The molecule has 1 amide bonds. The van der Waals surface area contributed by atoms with E-state index < -0.39 is 0 Å². The van der Waals surface area contributed by atoms with Crippen LogP contribution in [0.2, 0.25) is 0 Å². The summed E-state index contributed by atoms with van der Waals surface area (Å²) in [6.45, 7) is 1.45. The second-order valence-corrected chi connectivity index (χ2v) is 4.13. The van der Waals surface area contributed by atoms with Crippen LogP contribution >= 0.6 is 0 Å². The number of ether oxygens (including phenoxy) is 2. The molecular formula is C13H17NO3. The molecule has 1 saturated heterocycles. The van der Waals surface area contributed by atoms with Crippen molar-refractivity contribution >= 4 is 5.91 Å². The van der Waals surface area contributed by atoms with Crippen molar-refractivity contribution in [3.05, 3.63) is 29.8 Å². The summed E-state index contributed by atoms with van der Waals surface area (Å²) in [6, 6.07) is 7.19. The molecule has 0 aliphatic carbocycles. The number of amides is 1. The zero-order valence-corrected chi connectivity index (χ0v) is 10.2. The van der Waals surface area contributed by atoms with Crippen LogP contribution in [0.5, 0.6) is 5.75 Å². The molecule has 0 spiro atoms. The first-order chi connectivity index (χ1) is 8.24. The van der Waals surface area contributed by atoms with Gasteiger partial charge in [-0.15, -0.1) is 0 Å². The Morgan fingerprint density at radius 3 is 2.53 bits per heavy atom. The summed E-state index contributed by atoms with van der Waals surface area (Å²) >= 11 is 0. The zero-order valence-electron chi connectivity index (χ0n) is 10.2. The van der Waals surface area contributed by atoms with E-state index in [1.54, 1.807) is 38.5 Å². The van der Waals surface area contributed by atoms with Crippen molar-refractivity contribution in [3.63, 3.8) is 0 Å². The average molecular weight is 235 g/mol. The maximum Gasteiger partial charge on any atom is 0.253 e. The normalized spacial score (nSPS) is 19.4. The minimum Gasteiger partial charge on any atom is -0.497 e. The van der Waals surface area contributed by atoms with Crippen molar-refractivity contribution in [1.82, 2.24) is 4.90 Å². The molecule has 1 aliphatic rings. The molecule has 1 heterocycles. The highest BCUT2D eigenvalue weighted by molar-refractivity contribution is 5.94. The minimum atomic E-state index is 0.0622. The topological polar surface area (TPSA) is 38.8 Å². The summed E-state index contributed by atoms with van der Waals surface area (Å²) < 4.78 is 10.3. The summed E-state index contributed by atoms with van der Waals surface area (Å²) in [5.41, 5.74) is 0.697. The third-order valence-corrected chi connectivity index (χ3v) is 3.10. The molecule has 2 rings (SSSR count). The van der Waals surface area contributed by atoms with E-state index in [0.29, 0.717) is 12.1 Å². The second kappa shape index (κ2) is 5.19. The molecule has 1 unspecified atom stereocenters. The van der Waals surface area contributed by atoms with Crippen molar-refractivity contribution in [2.45, 2.75) is 12.5 Å². The van der Waals surface area contributed by atoms with E-state index in [4.69, 9.17) is 9.47 Å². The van der Waals surface area contributed by atoms with Crippen molar-refractivity contribution in [3.8, 4) is 5.75 Å². The van der Waals surface area contributed by atoms with Gasteiger partial charge >= 0.3 is 0 Å². The first-order valence-corrected chi connectivity index (χ1v) is 5.70. The van der Waals surface area contributed by atoms with E-state index in [1.807, 2.05) is 4.90 Å². The Morgan fingerprint density at radius 2 is 2.00 bits per heavy atom. The predicted molar refractivity (Wildman–Crippen MR) is 64.3 cm³/mol. The minimum absolute atomic E-state index is 0.0622. The predicted octanol–water partition coefficient (Wildman–Crippen LogP) is 1.56. The van der Waals surface area contributed by atoms with Crippen LogP contribution in [0, 0.1) is 0 Å². The number of hydrogen-bond acceptors (Lipinski definition) is 3. The van der Waals surface area contributed by atoms with E-state index >= 15 is 0 Å². The molecule has 4 heteroatoms. The smallest absolute Gasteiger partial charge is 0.253 e. The van der Waals surface area contributed by atoms with Crippen LogP contribution < -0.4 is 4.74 Å². The van der Waals surface area contributed by atoms with Gasteiger partial charge in [0.05, 0.1) is 13.2 Å². The molecule has 0 bridgehead atoms. The SMILES string of the molecule is COc1ccc(C(=O)N2CCC(OC)C2)cc1. The summed E-state index contributed by atoms with van der Waals surface area (Å²) in [4.78, 5) is 14.0. The van der Waals surface area contributed by atoms with Crippen LogP contribution in [-0.2, 0) is 4.74 Å². The molecule has 4 nitrogen and oxygen atoms in total. The van der Waals surface area contributed by atoms with E-state index in [-0.39, 0.29) is 12.0 Å². The standard InChI is InChI=1S/C13H17NO3/c1-16-11-5-3-10(4-6-11)13(15)14-8-7-12(9-14)17-2/h3-6,12H,7-9H2,1-2H3. The van der Waals surface area contributed by atoms with E-state index in [9.17, 15) is 4.79 Å². The molecule has 1 fully saturated rings. The Bertz CT molecular complexity index is 388. The van der Waals surface area contributed by atoms with Gasteiger partial charge in [0.1, 0.15) is 5.75 Å². The lowest BCUT2D eigenvalue weighted by molar-refractivity contribution is 0.0724. The third-order valence-electron chi connectivity index (χ3n) is 3.10. The number of rotatable bonds is 3. The van der Waals surface area contributed by atoms with Gasteiger partial charge in [-0.25, -0.2) is 0 Å². The number of carbonyl (C=O) groups is 1. The van der Waals surface area contributed by atoms with Crippen LogP contribution in [0.25, 0.3) is 0 Å². The highest BCUT2D eigenvalue weighted by atomic mass is 16.5. The summed E-state index contributed by atoms with van der Waals surface area (Å²) in [6.07, 6.45) is 1.09. The van der Waals surface area contributed by atoms with Gasteiger partial charge in [0.25, 0.3) is 5.91 Å². The number of methoxy groups -OCH3 is 2. The number of nitrogens with zero attached hydrogens (tertiary/aromatic N) is 1. The molecule has 0 N–H and O–H groups in total. The van der Waals surface area contributed by atoms with Crippen LogP contribution in [-0.4, -0.2) is 44.2 Å². The highest BCUT2D eigenvalue weighted by Crippen LogP contribution is 2.17. The Balaban J connectivity index is 2.04. The molecule has 1 aromatic carbocycles. The van der Waals surface area contributed by atoms with Crippen molar-refractivity contribution in [2.75, 3.05) is 27.3 Å². The molecule has 0 aromatic heterocycles. The highest BCUT2D eigenvalue weighted by Gasteiger charge is 2.26. The summed E-state index contributed by atoms with van der Waals surface area (Å²) in [7, 11) is 3.30. The zero-order chi connectivity index (χ0) is 12.3. The lowest BCUT2D eigenvalue weighted by atomic mass is 10.2. The van der Waals surface area contributed by atoms with E-state index in [1.165, 1.54) is 0 Å². The molecule has 92 valence electrons. The van der Waals surface area contributed by atoms with E-state index in [2.05, 4.69) is 0 Å². The van der Waals surface area contributed by atoms with Gasteiger partial charge in [0, 0.05) is 25.8 Å². The van der Waals surface area contributed by atoms with Gasteiger partial charge in [0.2, 0.25) is 0 Å². The quantitative estimate of drug-likeness (QED) is 0.798. The maximum atomic E-state index is 12.1. The Labute approximate surface area is 101 Å². The van der Waals surface area contributed by atoms with Crippen LogP contribution in [0.15, 0.2) is 24.3 Å². The monoisotopic (exact) mass is 235 g/mol. The molecule has 1 aliphatic heterocycles. The van der Waals surface area contributed by atoms with Gasteiger partial charge in [-0.2, -0.15) is 0 Å². The lowest BCUT2D eigenvalue weighted by Crippen LogP contribution is -2.29. The Kier molecular flexibility index (Phi) is 3.64.